The van der Waals surface area contributed by atoms with E-state index < -0.39 is 11.4 Å². The lowest BCUT2D eigenvalue weighted by Crippen LogP contribution is -2.30. The number of nitrogens with zero attached hydrogens (tertiary/aromatic N) is 3. The molecular formula is C32H28FN3O5. The Bertz CT molecular complexity index is 1830. The highest BCUT2D eigenvalue weighted by Gasteiger charge is 2.21. The van der Waals surface area contributed by atoms with Gasteiger partial charge >= 0.3 is 0 Å². The topological polar surface area (TPSA) is 92.5 Å². The molecule has 41 heavy (non-hydrogen) atoms. The van der Waals surface area contributed by atoms with Gasteiger partial charge in [0.25, 0.3) is 11.4 Å². The molecule has 0 amide bonds. The number of methoxy groups -OCH3 is 2. The molecule has 0 aliphatic heterocycles. The van der Waals surface area contributed by atoms with Crippen LogP contribution < -0.4 is 19.8 Å². The number of fused-ring (bicyclic) bond motifs is 1. The Balaban J connectivity index is 1.41. The standard InChI is InChI=1S/C32H28FN3O5/c1-18-19(2)29(32(38)36(20(18)3)23-10-8-22(33)9-11-23)26(37)16-21-6-12-24(13-7-21)41-27-14-15-34-25-17-28(39-4)31(40-5)35-30(25)27/h6-15,17H,16H2,1-5H3. The van der Waals surface area contributed by atoms with Gasteiger partial charge in [0.1, 0.15) is 17.1 Å². The summed E-state index contributed by atoms with van der Waals surface area (Å²) in [7, 11) is 3.03. The van der Waals surface area contributed by atoms with E-state index in [0.29, 0.717) is 51.1 Å². The Morgan fingerprint density at radius 2 is 1.61 bits per heavy atom. The first kappa shape index (κ1) is 27.5. The third kappa shape index (κ3) is 5.26. The van der Waals surface area contributed by atoms with Crippen LogP contribution in [0, 0.1) is 26.6 Å². The lowest BCUT2D eigenvalue weighted by Gasteiger charge is -2.17. The maximum absolute atomic E-state index is 13.5. The van der Waals surface area contributed by atoms with Crippen molar-refractivity contribution in [3.05, 3.63) is 111 Å². The average Bonchev–Trinajstić information content (AvgIpc) is 2.97. The van der Waals surface area contributed by atoms with Crippen molar-refractivity contribution in [3.63, 3.8) is 0 Å². The Kier molecular flexibility index (Phi) is 7.52. The average molecular weight is 554 g/mol. The summed E-state index contributed by atoms with van der Waals surface area (Å²) in [4.78, 5) is 35.8. The number of Topliss-reactive ketones (excluding diaryl/α,β-unsaturated/α-hetero) is 1. The number of halogens is 1. The highest BCUT2D eigenvalue weighted by atomic mass is 19.1. The zero-order chi connectivity index (χ0) is 29.3. The second kappa shape index (κ2) is 11.2. The predicted octanol–water partition coefficient (Wildman–Crippen LogP) is 6.08. The minimum atomic E-state index is -0.425. The molecule has 5 aromatic rings. The number of carbonyl (C=O) groups excluding carboxylic acids is 1. The Labute approximate surface area is 236 Å². The van der Waals surface area contributed by atoms with Crippen molar-refractivity contribution in [2.75, 3.05) is 14.2 Å². The molecule has 2 aromatic carbocycles. The van der Waals surface area contributed by atoms with Crippen LogP contribution in [0.2, 0.25) is 0 Å². The molecule has 208 valence electrons. The SMILES string of the molecule is COc1cc2nccc(Oc3ccc(CC(=O)c4c(C)c(C)c(C)n(-c5ccc(F)cc5)c4=O)cc3)c2nc1OC. The summed E-state index contributed by atoms with van der Waals surface area (Å²) >= 11 is 0. The van der Waals surface area contributed by atoms with Gasteiger partial charge in [-0.05, 0) is 73.9 Å². The molecule has 9 heteroatoms. The largest absolute Gasteiger partial charge is 0.491 e. The smallest absolute Gasteiger partial charge is 0.266 e. The molecule has 0 saturated heterocycles. The molecule has 5 rings (SSSR count). The number of aromatic nitrogens is 3. The normalized spacial score (nSPS) is 11.0. The van der Waals surface area contributed by atoms with E-state index in [4.69, 9.17) is 14.2 Å². The van der Waals surface area contributed by atoms with E-state index >= 15 is 0 Å². The number of carbonyl (C=O) groups is 1. The molecule has 0 radical (unpaired) electrons. The lowest BCUT2D eigenvalue weighted by molar-refractivity contribution is 0.0990. The van der Waals surface area contributed by atoms with E-state index in [1.165, 1.54) is 43.1 Å². The van der Waals surface area contributed by atoms with E-state index in [2.05, 4.69) is 9.97 Å². The minimum Gasteiger partial charge on any atom is -0.491 e. The lowest BCUT2D eigenvalue weighted by atomic mass is 9.96. The molecule has 0 aliphatic carbocycles. The zero-order valence-electron chi connectivity index (χ0n) is 23.3. The van der Waals surface area contributed by atoms with Crippen molar-refractivity contribution in [2.45, 2.75) is 27.2 Å². The molecule has 0 spiro atoms. The first-order valence-electron chi connectivity index (χ1n) is 12.9. The van der Waals surface area contributed by atoms with Gasteiger partial charge in [-0.1, -0.05) is 12.1 Å². The molecule has 0 bridgehead atoms. The van der Waals surface area contributed by atoms with E-state index in [1.54, 1.807) is 49.5 Å². The summed E-state index contributed by atoms with van der Waals surface area (Å²) < 4.78 is 31.7. The van der Waals surface area contributed by atoms with Crippen LogP contribution in [0.4, 0.5) is 4.39 Å². The Morgan fingerprint density at radius 1 is 0.902 bits per heavy atom. The van der Waals surface area contributed by atoms with Crippen molar-refractivity contribution in [3.8, 4) is 28.8 Å². The van der Waals surface area contributed by atoms with Gasteiger partial charge in [-0.15, -0.1) is 0 Å². The van der Waals surface area contributed by atoms with Crippen LogP contribution in [0.15, 0.2) is 71.7 Å². The summed E-state index contributed by atoms with van der Waals surface area (Å²) in [5.41, 5.74) is 4.17. The number of ether oxygens (including phenoxy) is 3. The van der Waals surface area contributed by atoms with Crippen molar-refractivity contribution in [1.29, 1.82) is 0 Å². The van der Waals surface area contributed by atoms with Crippen LogP contribution in [-0.4, -0.2) is 34.5 Å². The van der Waals surface area contributed by atoms with Crippen LogP contribution in [0.3, 0.4) is 0 Å². The van der Waals surface area contributed by atoms with Gasteiger partial charge in [0.2, 0.25) is 0 Å². The van der Waals surface area contributed by atoms with E-state index in [1.807, 2.05) is 13.8 Å². The fourth-order valence-corrected chi connectivity index (χ4v) is 4.74. The third-order valence-electron chi connectivity index (χ3n) is 7.13. The fraction of sp³-hybridized carbons (Fsp3) is 0.188. The van der Waals surface area contributed by atoms with E-state index in [0.717, 1.165) is 11.1 Å². The second-order valence-electron chi connectivity index (χ2n) is 9.55. The number of pyridine rings is 3. The molecule has 0 N–H and O–H groups in total. The molecule has 3 aromatic heterocycles. The third-order valence-corrected chi connectivity index (χ3v) is 7.13. The van der Waals surface area contributed by atoms with Crippen LogP contribution >= 0.6 is 0 Å². The first-order valence-corrected chi connectivity index (χ1v) is 12.9. The summed E-state index contributed by atoms with van der Waals surface area (Å²) in [6.07, 6.45) is 1.64. The van der Waals surface area contributed by atoms with E-state index in [9.17, 15) is 14.0 Å². The Hall–Kier alpha value is -5.05. The monoisotopic (exact) mass is 553 g/mol. The maximum atomic E-state index is 13.5. The number of hydrogen-bond donors (Lipinski definition) is 0. The number of hydrogen-bond acceptors (Lipinski definition) is 7. The molecule has 0 saturated carbocycles. The fourth-order valence-electron chi connectivity index (χ4n) is 4.74. The zero-order valence-corrected chi connectivity index (χ0v) is 23.3. The van der Waals surface area contributed by atoms with Gasteiger partial charge in [-0.25, -0.2) is 9.37 Å². The summed E-state index contributed by atoms with van der Waals surface area (Å²) in [6.45, 7) is 5.46. The van der Waals surface area contributed by atoms with Crippen molar-refractivity contribution < 1.29 is 23.4 Å². The summed E-state index contributed by atoms with van der Waals surface area (Å²) in [6, 6.07) is 16.1. The highest BCUT2D eigenvalue weighted by molar-refractivity contribution is 5.99. The van der Waals surface area contributed by atoms with Crippen molar-refractivity contribution >= 4 is 16.8 Å². The Morgan fingerprint density at radius 3 is 2.27 bits per heavy atom. The second-order valence-corrected chi connectivity index (χ2v) is 9.55. The highest BCUT2D eigenvalue weighted by Crippen LogP contribution is 2.34. The quantitative estimate of drug-likeness (QED) is 0.215. The molecule has 8 nitrogen and oxygen atoms in total. The first-order chi connectivity index (χ1) is 19.7. The molecule has 0 unspecified atom stereocenters. The van der Waals surface area contributed by atoms with Crippen LogP contribution in [0.5, 0.6) is 23.1 Å². The molecule has 0 fully saturated rings. The van der Waals surface area contributed by atoms with Crippen LogP contribution in [0.25, 0.3) is 16.7 Å². The number of rotatable bonds is 8. The number of benzene rings is 2. The summed E-state index contributed by atoms with van der Waals surface area (Å²) in [5, 5.41) is 0. The number of ketones is 1. The van der Waals surface area contributed by atoms with Crippen LogP contribution in [0.1, 0.15) is 32.7 Å². The molecule has 3 heterocycles. The predicted molar refractivity (Wildman–Crippen MR) is 153 cm³/mol. The van der Waals surface area contributed by atoms with Gasteiger partial charge in [-0.3, -0.25) is 19.1 Å². The van der Waals surface area contributed by atoms with Gasteiger partial charge in [0.15, 0.2) is 17.3 Å². The molecular weight excluding hydrogens is 525 g/mol. The minimum absolute atomic E-state index is 0.0268. The van der Waals surface area contributed by atoms with E-state index in [-0.39, 0.29) is 17.8 Å². The molecule has 0 aliphatic rings. The molecule has 0 atom stereocenters. The van der Waals surface area contributed by atoms with Gasteiger partial charge in [0.05, 0.1) is 25.3 Å². The van der Waals surface area contributed by atoms with Crippen LogP contribution in [-0.2, 0) is 6.42 Å². The van der Waals surface area contributed by atoms with Gasteiger partial charge in [0, 0.05) is 36.1 Å². The van der Waals surface area contributed by atoms with Gasteiger partial charge < -0.3 is 14.2 Å². The van der Waals surface area contributed by atoms with Crippen molar-refractivity contribution in [1.82, 2.24) is 14.5 Å². The summed E-state index contributed by atoms with van der Waals surface area (Å²) in [5.74, 6) is 1.08. The van der Waals surface area contributed by atoms with Gasteiger partial charge in [-0.2, -0.15) is 0 Å². The maximum Gasteiger partial charge on any atom is 0.266 e. The van der Waals surface area contributed by atoms with Crippen molar-refractivity contribution in [2.24, 2.45) is 0 Å².